The first kappa shape index (κ1) is 11.4. The molecule has 2 unspecified atom stereocenters. The third-order valence-corrected chi connectivity index (χ3v) is 4.02. The number of nitrogens with zero attached hydrogens (tertiary/aromatic N) is 2. The van der Waals surface area contributed by atoms with Gasteiger partial charge in [-0.15, -0.1) is 0 Å². The molecule has 0 aliphatic carbocycles. The smallest absolute Gasteiger partial charge is 0.0258 e. The van der Waals surface area contributed by atoms with Gasteiger partial charge in [-0.25, -0.2) is 0 Å². The van der Waals surface area contributed by atoms with Crippen LogP contribution < -0.4 is 5.32 Å². The van der Waals surface area contributed by atoms with Crippen molar-refractivity contribution in [3.8, 4) is 0 Å². The van der Waals surface area contributed by atoms with Gasteiger partial charge in [-0.3, -0.25) is 0 Å². The van der Waals surface area contributed by atoms with E-state index in [0.717, 1.165) is 18.5 Å². The summed E-state index contributed by atoms with van der Waals surface area (Å²) >= 11 is 0. The lowest BCUT2D eigenvalue weighted by Gasteiger charge is -2.39. The van der Waals surface area contributed by atoms with Crippen LogP contribution in [0.5, 0.6) is 0 Å². The van der Waals surface area contributed by atoms with Gasteiger partial charge in [0.2, 0.25) is 0 Å². The van der Waals surface area contributed by atoms with Crippen LogP contribution in [0.15, 0.2) is 0 Å². The molecule has 0 saturated carbocycles. The minimum Gasteiger partial charge on any atom is -0.314 e. The lowest BCUT2D eigenvalue weighted by atomic mass is 9.92. The Morgan fingerprint density at radius 1 is 1.13 bits per heavy atom. The molecule has 2 rings (SSSR count). The highest BCUT2D eigenvalue weighted by molar-refractivity contribution is 4.86. The number of hydrogen-bond acceptors (Lipinski definition) is 3. The van der Waals surface area contributed by atoms with E-state index in [2.05, 4.69) is 29.2 Å². The van der Waals surface area contributed by atoms with Gasteiger partial charge in [-0.2, -0.15) is 0 Å². The van der Waals surface area contributed by atoms with E-state index in [1.54, 1.807) is 0 Å². The standard InChI is InChI=1S/C12H25N3/c1-14-7-4-3-5-11(10-14)12-9-13-6-8-15(12)2/h11-13H,3-10H2,1-2H3. The fraction of sp³-hybridized carbons (Fsp3) is 1.00. The van der Waals surface area contributed by atoms with E-state index in [9.17, 15) is 0 Å². The van der Waals surface area contributed by atoms with Crippen molar-refractivity contribution in [2.75, 3.05) is 46.8 Å². The number of nitrogens with one attached hydrogen (secondary N) is 1. The van der Waals surface area contributed by atoms with Crippen LogP contribution >= 0.6 is 0 Å². The maximum atomic E-state index is 3.54. The molecular formula is C12H25N3. The Bertz CT molecular complexity index is 195. The maximum Gasteiger partial charge on any atom is 0.0258 e. The maximum absolute atomic E-state index is 3.54. The van der Waals surface area contributed by atoms with Gasteiger partial charge in [0, 0.05) is 32.2 Å². The molecule has 0 radical (unpaired) electrons. The van der Waals surface area contributed by atoms with Crippen molar-refractivity contribution in [1.29, 1.82) is 0 Å². The summed E-state index contributed by atoms with van der Waals surface area (Å²) in [4.78, 5) is 5.07. The molecule has 3 nitrogen and oxygen atoms in total. The number of hydrogen-bond donors (Lipinski definition) is 1. The monoisotopic (exact) mass is 211 g/mol. The van der Waals surface area contributed by atoms with Gasteiger partial charge in [0.05, 0.1) is 0 Å². The Balaban J connectivity index is 1.94. The van der Waals surface area contributed by atoms with Gasteiger partial charge in [0.15, 0.2) is 0 Å². The van der Waals surface area contributed by atoms with Crippen molar-refractivity contribution in [2.45, 2.75) is 25.3 Å². The van der Waals surface area contributed by atoms with Crippen molar-refractivity contribution < 1.29 is 0 Å². The van der Waals surface area contributed by atoms with Gasteiger partial charge in [-0.1, -0.05) is 6.42 Å². The first-order chi connectivity index (χ1) is 7.27. The summed E-state index contributed by atoms with van der Waals surface area (Å²) in [6.07, 6.45) is 4.22. The molecule has 0 amide bonds. The van der Waals surface area contributed by atoms with Crippen molar-refractivity contribution in [3.63, 3.8) is 0 Å². The van der Waals surface area contributed by atoms with E-state index >= 15 is 0 Å². The minimum absolute atomic E-state index is 0.763. The molecule has 2 atom stereocenters. The van der Waals surface area contributed by atoms with Crippen LogP contribution in [0.1, 0.15) is 19.3 Å². The summed E-state index contributed by atoms with van der Waals surface area (Å²) in [6, 6.07) is 0.763. The van der Waals surface area contributed by atoms with E-state index in [4.69, 9.17) is 0 Å². The number of likely N-dealkylation sites (tertiary alicyclic amines) is 1. The van der Waals surface area contributed by atoms with Gasteiger partial charge in [0.1, 0.15) is 0 Å². The van der Waals surface area contributed by atoms with Crippen LogP contribution in [0.3, 0.4) is 0 Å². The quantitative estimate of drug-likeness (QED) is 0.686. The van der Waals surface area contributed by atoms with Crippen molar-refractivity contribution in [1.82, 2.24) is 15.1 Å². The van der Waals surface area contributed by atoms with Crippen LogP contribution in [0.25, 0.3) is 0 Å². The Hall–Kier alpha value is -0.120. The topological polar surface area (TPSA) is 18.5 Å². The van der Waals surface area contributed by atoms with Gasteiger partial charge in [-0.05, 0) is 39.4 Å². The predicted octanol–water partition coefficient (Wildman–Crippen LogP) is 0.622. The Kier molecular flexibility index (Phi) is 4.00. The summed E-state index contributed by atoms with van der Waals surface area (Å²) in [6.45, 7) is 6.15. The zero-order valence-corrected chi connectivity index (χ0v) is 10.2. The highest BCUT2D eigenvalue weighted by atomic mass is 15.2. The first-order valence-corrected chi connectivity index (χ1v) is 6.37. The molecule has 0 aromatic rings. The summed E-state index contributed by atoms with van der Waals surface area (Å²) in [5, 5.41) is 3.54. The number of rotatable bonds is 1. The molecule has 0 aromatic heterocycles. The minimum atomic E-state index is 0.763. The number of piperazine rings is 1. The summed E-state index contributed by atoms with van der Waals surface area (Å²) in [5.41, 5.74) is 0. The van der Waals surface area contributed by atoms with E-state index in [0.29, 0.717) is 0 Å². The van der Waals surface area contributed by atoms with E-state index in [1.165, 1.54) is 45.4 Å². The highest BCUT2D eigenvalue weighted by Gasteiger charge is 2.29. The largest absolute Gasteiger partial charge is 0.314 e. The fourth-order valence-electron chi connectivity index (χ4n) is 3.04. The van der Waals surface area contributed by atoms with Crippen LogP contribution in [0.4, 0.5) is 0 Å². The van der Waals surface area contributed by atoms with Crippen molar-refractivity contribution in [3.05, 3.63) is 0 Å². The zero-order chi connectivity index (χ0) is 10.7. The zero-order valence-electron chi connectivity index (χ0n) is 10.2. The second kappa shape index (κ2) is 5.28. The second-order valence-electron chi connectivity index (χ2n) is 5.27. The molecule has 0 bridgehead atoms. The average Bonchev–Trinajstić information content (AvgIpc) is 2.43. The lowest BCUT2D eigenvalue weighted by molar-refractivity contribution is 0.120. The molecule has 2 saturated heterocycles. The molecule has 1 N–H and O–H groups in total. The van der Waals surface area contributed by atoms with Crippen LogP contribution in [0, 0.1) is 5.92 Å². The second-order valence-corrected chi connectivity index (χ2v) is 5.27. The van der Waals surface area contributed by atoms with E-state index in [1.807, 2.05) is 0 Å². The molecule has 2 aliphatic rings. The Morgan fingerprint density at radius 3 is 2.80 bits per heavy atom. The predicted molar refractivity (Wildman–Crippen MR) is 64.1 cm³/mol. The lowest BCUT2D eigenvalue weighted by Crippen LogP contribution is -2.54. The molecule has 2 fully saturated rings. The third-order valence-electron chi connectivity index (χ3n) is 4.02. The SMILES string of the molecule is CN1CCCCC(C2CNCCN2C)C1. The van der Waals surface area contributed by atoms with Crippen molar-refractivity contribution in [2.24, 2.45) is 5.92 Å². The van der Waals surface area contributed by atoms with Crippen LogP contribution in [0.2, 0.25) is 0 Å². The third kappa shape index (κ3) is 2.92. The summed E-state index contributed by atoms with van der Waals surface area (Å²) < 4.78 is 0. The van der Waals surface area contributed by atoms with Crippen molar-refractivity contribution >= 4 is 0 Å². The molecule has 88 valence electrons. The summed E-state index contributed by atoms with van der Waals surface area (Å²) in [7, 11) is 4.56. The van der Waals surface area contributed by atoms with Crippen LogP contribution in [-0.2, 0) is 0 Å². The average molecular weight is 211 g/mol. The highest BCUT2D eigenvalue weighted by Crippen LogP contribution is 2.22. The van der Waals surface area contributed by atoms with Gasteiger partial charge in [0.25, 0.3) is 0 Å². The Morgan fingerprint density at radius 2 is 2.00 bits per heavy atom. The number of likely N-dealkylation sites (N-methyl/N-ethyl adjacent to an activating group) is 1. The molecule has 2 heterocycles. The fourth-order valence-corrected chi connectivity index (χ4v) is 3.04. The molecule has 2 aliphatic heterocycles. The van der Waals surface area contributed by atoms with Crippen LogP contribution in [-0.4, -0.2) is 62.7 Å². The molecule has 3 heteroatoms. The van der Waals surface area contributed by atoms with E-state index in [-0.39, 0.29) is 0 Å². The first-order valence-electron chi connectivity index (χ1n) is 6.37. The van der Waals surface area contributed by atoms with E-state index < -0.39 is 0 Å². The molecule has 15 heavy (non-hydrogen) atoms. The Labute approximate surface area is 93.8 Å². The molecule has 0 aromatic carbocycles. The molecular weight excluding hydrogens is 186 g/mol. The van der Waals surface area contributed by atoms with Gasteiger partial charge >= 0.3 is 0 Å². The normalized spacial score (nSPS) is 36.4. The molecule has 0 spiro atoms. The van der Waals surface area contributed by atoms with Gasteiger partial charge < -0.3 is 15.1 Å². The summed E-state index contributed by atoms with van der Waals surface area (Å²) in [5.74, 6) is 0.871.